The van der Waals surface area contributed by atoms with E-state index in [1.54, 1.807) is 30.3 Å². The van der Waals surface area contributed by atoms with Crippen LogP contribution in [-0.2, 0) is 4.79 Å². The van der Waals surface area contributed by atoms with Gasteiger partial charge in [0.2, 0.25) is 11.5 Å². The van der Waals surface area contributed by atoms with E-state index in [0.717, 1.165) is 26.7 Å². The minimum Gasteiger partial charge on any atom is -0.503 e. The van der Waals surface area contributed by atoms with Gasteiger partial charge < -0.3 is 23.7 Å². The molecule has 5 aromatic rings. The first-order chi connectivity index (χ1) is 19.7. The number of carbonyl (C=O) groups is 2. The van der Waals surface area contributed by atoms with Gasteiger partial charge in [-0.3, -0.25) is 14.5 Å². The molecule has 1 aliphatic heterocycles. The SMILES string of the molecule is COc1cc([C@H]2C(C(=O)c3cc4ccccc4o3)=C(O)C(=O)N2c2nc3c(C)cc(C)cc3s2)cc(OC)c1OC. The van der Waals surface area contributed by atoms with E-state index in [-0.39, 0.29) is 11.3 Å². The van der Waals surface area contributed by atoms with Gasteiger partial charge in [-0.2, -0.15) is 0 Å². The van der Waals surface area contributed by atoms with E-state index in [2.05, 4.69) is 0 Å². The molecule has 2 aromatic heterocycles. The average molecular weight is 571 g/mol. The molecule has 0 saturated heterocycles. The molecule has 41 heavy (non-hydrogen) atoms. The highest BCUT2D eigenvalue weighted by Crippen LogP contribution is 2.48. The third-order valence-corrected chi connectivity index (χ3v) is 8.13. The van der Waals surface area contributed by atoms with Crippen LogP contribution in [0.1, 0.15) is 33.3 Å². The molecule has 10 heteroatoms. The first-order valence-electron chi connectivity index (χ1n) is 12.7. The standard InChI is InChI=1S/C31H26N2O7S/c1-15-10-16(2)25-23(11-15)41-31(32-25)33-26(18-13-21(37-3)29(39-5)22(14-18)38-4)24(28(35)30(33)36)27(34)20-12-17-8-6-7-9-19(17)40-20/h6-14,26,35H,1-5H3/t26-/m0/s1. The van der Waals surface area contributed by atoms with Gasteiger partial charge >= 0.3 is 0 Å². The number of rotatable bonds is 7. The van der Waals surface area contributed by atoms with E-state index < -0.39 is 23.5 Å². The van der Waals surface area contributed by atoms with Crippen molar-refractivity contribution in [2.75, 3.05) is 26.2 Å². The largest absolute Gasteiger partial charge is 0.503 e. The van der Waals surface area contributed by atoms with Gasteiger partial charge in [0.25, 0.3) is 5.91 Å². The van der Waals surface area contributed by atoms with Crippen molar-refractivity contribution in [3.8, 4) is 17.2 Å². The lowest BCUT2D eigenvalue weighted by Gasteiger charge is -2.25. The Kier molecular flexibility index (Phi) is 6.42. The maximum absolute atomic E-state index is 14.0. The lowest BCUT2D eigenvalue weighted by atomic mass is 9.94. The highest BCUT2D eigenvalue weighted by atomic mass is 32.1. The fraction of sp³-hybridized carbons (Fsp3) is 0.194. The molecule has 0 aliphatic carbocycles. The summed E-state index contributed by atoms with van der Waals surface area (Å²) in [4.78, 5) is 33.9. The van der Waals surface area contributed by atoms with Crippen molar-refractivity contribution in [2.24, 2.45) is 0 Å². The number of methoxy groups -OCH3 is 3. The lowest BCUT2D eigenvalue weighted by molar-refractivity contribution is -0.117. The number of hydrogen-bond acceptors (Lipinski definition) is 9. The van der Waals surface area contributed by atoms with E-state index in [1.165, 1.54) is 37.6 Å². The average Bonchev–Trinajstić information content (AvgIpc) is 3.66. The van der Waals surface area contributed by atoms with Gasteiger partial charge in [0, 0.05) is 5.39 Å². The van der Waals surface area contributed by atoms with Crippen LogP contribution in [0.2, 0.25) is 0 Å². The first kappa shape index (κ1) is 26.4. The normalized spacial score (nSPS) is 15.3. The Morgan fingerprint density at radius 1 is 1.00 bits per heavy atom. The summed E-state index contributed by atoms with van der Waals surface area (Å²) in [6.07, 6.45) is 0. The number of nitrogens with zero attached hydrogens (tertiary/aromatic N) is 2. The second-order valence-corrected chi connectivity index (χ2v) is 10.7. The van der Waals surface area contributed by atoms with Crippen molar-refractivity contribution in [3.63, 3.8) is 0 Å². The smallest absolute Gasteiger partial charge is 0.296 e. The summed E-state index contributed by atoms with van der Waals surface area (Å²) in [6.45, 7) is 3.94. The van der Waals surface area contributed by atoms with E-state index >= 15 is 0 Å². The molecule has 0 unspecified atom stereocenters. The zero-order valence-corrected chi connectivity index (χ0v) is 23.8. The molecule has 1 aliphatic rings. The molecule has 0 fully saturated rings. The van der Waals surface area contributed by atoms with Crippen LogP contribution in [-0.4, -0.2) is 43.1 Å². The molecule has 3 aromatic carbocycles. The molecule has 6 rings (SSSR count). The molecule has 0 spiro atoms. The van der Waals surface area contributed by atoms with Gasteiger partial charge in [0.1, 0.15) is 5.58 Å². The third-order valence-electron chi connectivity index (χ3n) is 7.13. The number of ether oxygens (including phenoxy) is 3. The minimum absolute atomic E-state index is 0.00406. The summed E-state index contributed by atoms with van der Waals surface area (Å²) < 4.78 is 23.3. The number of amides is 1. The van der Waals surface area contributed by atoms with Gasteiger partial charge in [-0.05, 0) is 60.9 Å². The molecule has 9 nitrogen and oxygen atoms in total. The predicted octanol–water partition coefficient (Wildman–Crippen LogP) is 6.47. The van der Waals surface area contributed by atoms with Crippen LogP contribution in [0.3, 0.4) is 0 Å². The van der Waals surface area contributed by atoms with Crippen molar-refractivity contribution >= 4 is 49.3 Å². The van der Waals surface area contributed by atoms with E-state index in [1.807, 2.05) is 38.1 Å². The molecule has 0 radical (unpaired) electrons. The molecule has 3 heterocycles. The topological polar surface area (TPSA) is 111 Å². The van der Waals surface area contributed by atoms with E-state index in [0.29, 0.717) is 33.5 Å². The molecule has 1 atom stereocenters. The summed E-state index contributed by atoms with van der Waals surface area (Å²) >= 11 is 1.30. The Balaban J connectivity index is 1.57. The maximum Gasteiger partial charge on any atom is 0.296 e. The number of aliphatic hydroxyl groups is 1. The number of ketones is 1. The van der Waals surface area contributed by atoms with E-state index in [9.17, 15) is 14.7 Å². The minimum atomic E-state index is -1.07. The Morgan fingerprint density at radius 2 is 1.71 bits per heavy atom. The molecule has 0 saturated carbocycles. The summed E-state index contributed by atoms with van der Waals surface area (Å²) in [6, 6.07) is 15.0. The number of Topliss-reactive ketones (excluding diaryl/α,β-unsaturated/α-hetero) is 1. The van der Waals surface area contributed by atoms with Crippen molar-refractivity contribution in [3.05, 3.63) is 88.4 Å². The van der Waals surface area contributed by atoms with Crippen molar-refractivity contribution in [1.29, 1.82) is 0 Å². The highest BCUT2D eigenvalue weighted by molar-refractivity contribution is 7.22. The fourth-order valence-electron chi connectivity index (χ4n) is 5.30. The number of carbonyl (C=O) groups excluding carboxylic acids is 2. The molecule has 0 bridgehead atoms. The highest BCUT2D eigenvalue weighted by Gasteiger charge is 2.47. The quantitative estimate of drug-likeness (QED) is 0.222. The summed E-state index contributed by atoms with van der Waals surface area (Å²) in [5.41, 5.74) is 3.57. The Morgan fingerprint density at radius 3 is 2.37 bits per heavy atom. The summed E-state index contributed by atoms with van der Waals surface area (Å²) in [5.74, 6) is -1.06. The predicted molar refractivity (Wildman–Crippen MR) is 156 cm³/mol. The zero-order chi connectivity index (χ0) is 29.0. The van der Waals surface area contributed by atoms with Crippen molar-refractivity contribution < 1.29 is 33.3 Å². The van der Waals surface area contributed by atoms with E-state index in [4.69, 9.17) is 23.6 Å². The van der Waals surface area contributed by atoms with Crippen LogP contribution >= 0.6 is 11.3 Å². The van der Waals surface area contributed by atoms with Gasteiger partial charge in [0.05, 0.1) is 43.2 Å². The van der Waals surface area contributed by atoms with Crippen LogP contribution in [0.5, 0.6) is 17.2 Å². The summed E-state index contributed by atoms with van der Waals surface area (Å²) in [5, 5.41) is 12.3. The number of thiazole rings is 1. The van der Waals surface area contributed by atoms with Crippen molar-refractivity contribution in [1.82, 2.24) is 4.98 Å². The number of para-hydroxylation sites is 1. The van der Waals surface area contributed by atoms with Crippen LogP contribution in [0.4, 0.5) is 5.13 Å². The van der Waals surface area contributed by atoms with Crippen molar-refractivity contribution in [2.45, 2.75) is 19.9 Å². The number of hydrogen-bond donors (Lipinski definition) is 1. The molecular formula is C31H26N2O7S. The molecule has 1 amide bonds. The first-order valence-corrected chi connectivity index (χ1v) is 13.5. The van der Waals surface area contributed by atoms with Crippen LogP contribution in [0.15, 0.2) is 70.3 Å². The Hall–Kier alpha value is -4.83. The number of aryl methyl sites for hydroxylation is 2. The van der Waals surface area contributed by atoms with Gasteiger partial charge in [-0.1, -0.05) is 35.6 Å². The number of aromatic nitrogens is 1. The Bertz CT molecular complexity index is 1840. The second kappa shape index (κ2) is 9.97. The third kappa shape index (κ3) is 4.18. The van der Waals surface area contributed by atoms with Crippen LogP contribution in [0, 0.1) is 13.8 Å². The Labute approximate surface area is 239 Å². The maximum atomic E-state index is 14.0. The van der Waals surface area contributed by atoms with Gasteiger partial charge in [-0.25, -0.2) is 4.98 Å². The van der Waals surface area contributed by atoms with Gasteiger partial charge in [-0.15, -0.1) is 0 Å². The summed E-state index contributed by atoms with van der Waals surface area (Å²) in [7, 11) is 4.44. The number of furan rings is 1. The van der Waals surface area contributed by atoms with Crippen LogP contribution < -0.4 is 19.1 Å². The lowest BCUT2D eigenvalue weighted by Crippen LogP contribution is -2.31. The number of benzene rings is 3. The molecule has 1 N–H and O–H groups in total. The van der Waals surface area contributed by atoms with Gasteiger partial charge in [0.15, 0.2) is 28.1 Å². The molecular weight excluding hydrogens is 544 g/mol. The zero-order valence-electron chi connectivity index (χ0n) is 23.0. The van der Waals surface area contributed by atoms with Crippen LogP contribution in [0.25, 0.3) is 21.2 Å². The molecule has 208 valence electrons. The second-order valence-electron chi connectivity index (χ2n) is 9.70. The number of aliphatic hydroxyl groups excluding tert-OH is 1. The number of fused-ring (bicyclic) bond motifs is 2. The number of anilines is 1. The monoisotopic (exact) mass is 570 g/mol. The fourth-order valence-corrected chi connectivity index (χ4v) is 6.47.